The summed E-state index contributed by atoms with van der Waals surface area (Å²) in [6.45, 7) is 1.44. The fourth-order valence-electron chi connectivity index (χ4n) is 2.01. The van der Waals surface area contributed by atoms with Crippen LogP contribution in [-0.4, -0.2) is 11.4 Å². The second-order valence-corrected chi connectivity index (χ2v) is 5.05. The van der Waals surface area contributed by atoms with Gasteiger partial charge in [-0.3, -0.25) is 4.79 Å². The van der Waals surface area contributed by atoms with Crippen molar-refractivity contribution in [2.75, 3.05) is 0 Å². The third-order valence-electron chi connectivity index (χ3n) is 3.33. The fraction of sp³-hybridized carbons (Fsp3) is 0.333. The monoisotopic (exact) mass is 294 g/mol. The molecule has 1 saturated carbocycles. The van der Waals surface area contributed by atoms with E-state index in [1.807, 2.05) is 6.07 Å². The van der Waals surface area contributed by atoms with E-state index in [0.717, 1.165) is 12.1 Å². The van der Waals surface area contributed by atoms with Crippen LogP contribution in [0.4, 0.5) is 13.2 Å². The zero-order chi connectivity index (χ0) is 15.7. The lowest BCUT2D eigenvalue weighted by Gasteiger charge is -2.13. The summed E-state index contributed by atoms with van der Waals surface area (Å²) in [6, 6.07) is 7.07. The van der Waals surface area contributed by atoms with Crippen LogP contribution < -0.4 is 5.32 Å². The molecule has 1 fully saturated rings. The first-order valence-electron chi connectivity index (χ1n) is 6.36. The van der Waals surface area contributed by atoms with Gasteiger partial charge in [-0.25, -0.2) is 0 Å². The number of alkyl halides is 3. The predicted octanol–water partition coefficient (Wildman–Crippen LogP) is 3.28. The molecule has 1 aromatic carbocycles. The van der Waals surface area contributed by atoms with Crippen LogP contribution in [0.15, 0.2) is 30.3 Å². The summed E-state index contributed by atoms with van der Waals surface area (Å²) < 4.78 is 38.7. The Morgan fingerprint density at radius 1 is 1.38 bits per heavy atom. The number of nitrogens with one attached hydrogen (secondary N) is 1. The molecule has 0 atom stereocenters. The Bertz CT molecular complexity index is 637. The summed E-state index contributed by atoms with van der Waals surface area (Å²) in [7, 11) is 0. The van der Waals surface area contributed by atoms with Crippen LogP contribution in [0, 0.1) is 11.3 Å². The van der Waals surface area contributed by atoms with Crippen LogP contribution in [0.3, 0.4) is 0 Å². The standard InChI is InChI=1S/C15H13F3N2O/c1-10(8-13(21)20-14(9-19)6-7-14)11-4-2-3-5-12(11)15(16,17)18/h2-5,8H,6-7H2,1H3,(H,20,21). The van der Waals surface area contributed by atoms with Gasteiger partial charge in [0.15, 0.2) is 0 Å². The third kappa shape index (κ3) is 3.43. The molecule has 21 heavy (non-hydrogen) atoms. The summed E-state index contributed by atoms with van der Waals surface area (Å²) in [5.41, 5.74) is -1.46. The van der Waals surface area contributed by atoms with Gasteiger partial charge in [-0.05, 0) is 37.0 Å². The summed E-state index contributed by atoms with van der Waals surface area (Å²) >= 11 is 0. The first-order valence-corrected chi connectivity index (χ1v) is 6.36. The molecule has 1 aliphatic rings. The van der Waals surface area contributed by atoms with Gasteiger partial charge in [0, 0.05) is 6.08 Å². The van der Waals surface area contributed by atoms with Crippen molar-refractivity contribution in [2.45, 2.75) is 31.5 Å². The van der Waals surface area contributed by atoms with Gasteiger partial charge in [-0.1, -0.05) is 18.2 Å². The molecule has 110 valence electrons. The highest BCUT2D eigenvalue weighted by Gasteiger charge is 2.44. The normalized spacial score (nSPS) is 17.0. The average Bonchev–Trinajstić information content (AvgIpc) is 3.17. The number of nitriles is 1. The summed E-state index contributed by atoms with van der Waals surface area (Å²) in [6.07, 6.45) is -2.24. The van der Waals surface area contributed by atoms with Gasteiger partial charge < -0.3 is 5.32 Å². The van der Waals surface area contributed by atoms with Crippen molar-refractivity contribution in [3.63, 3.8) is 0 Å². The summed E-state index contributed by atoms with van der Waals surface area (Å²) in [5, 5.41) is 11.4. The van der Waals surface area contributed by atoms with Crippen molar-refractivity contribution in [2.24, 2.45) is 0 Å². The second-order valence-electron chi connectivity index (χ2n) is 5.05. The predicted molar refractivity (Wildman–Crippen MR) is 70.8 cm³/mol. The van der Waals surface area contributed by atoms with E-state index in [0.29, 0.717) is 12.8 Å². The number of allylic oxidation sites excluding steroid dienone is 1. The topological polar surface area (TPSA) is 52.9 Å². The van der Waals surface area contributed by atoms with Gasteiger partial charge in [0.2, 0.25) is 5.91 Å². The van der Waals surface area contributed by atoms with Gasteiger partial charge >= 0.3 is 6.18 Å². The third-order valence-corrected chi connectivity index (χ3v) is 3.33. The highest BCUT2D eigenvalue weighted by molar-refractivity contribution is 5.96. The second kappa shape index (κ2) is 5.24. The van der Waals surface area contributed by atoms with Crippen LogP contribution in [0.2, 0.25) is 0 Å². The SMILES string of the molecule is CC(=CC(=O)NC1(C#N)CC1)c1ccccc1C(F)(F)F. The number of halogens is 3. The van der Waals surface area contributed by atoms with Crippen LogP contribution in [0.1, 0.15) is 30.9 Å². The Hall–Kier alpha value is -2.29. The lowest BCUT2D eigenvalue weighted by atomic mass is 10.00. The Labute approximate surface area is 120 Å². The lowest BCUT2D eigenvalue weighted by molar-refractivity contribution is -0.137. The Kier molecular flexibility index (Phi) is 3.77. The molecular weight excluding hydrogens is 281 g/mol. The van der Waals surface area contributed by atoms with E-state index in [9.17, 15) is 18.0 Å². The number of nitrogens with zero attached hydrogens (tertiary/aromatic N) is 1. The number of benzene rings is 1. The quantitative estimate of drug-likeness (QED) is 0.870. The molecule has 0 aromatic heterocycles. The van der Waals surface area contributed by atoms with E-state index in [2.05, 4.69) is 5.32 Å². The van der Waals surface area contributed by atoms with E-state index in [1.165, 1.54) is 25.1 Å². The molecule has 1 amide bonds. The van der Waals surface area contributed by atoms with E-state index in [1.54, 1.807) is 0 Å². The molecule has 6 heteroatoms. The Morgan fingerprint density at radius 3 is 2.52 bits per heavy atom. The first kappa shape index (κ1) is 15.1. The minimum absolute atomic E-state index is 0.0399. The zero-order valence-electron chi connectivity index (χ0n) is 11.3. The molecule has 0 saturated heterocycles. The molecule has 3 nitrogen and oxygen atoms in total. The molecule has 0 unspecified atom stereocenters. The molecule has 1 aromatic rings. The van der Waals surface area contributed by atoms with E-state index in [-0.39, 0.29) is 11.1 Å². The van der Waals surface area contributed by atoms with E-state index < -0.39 is 23.2 Å². The maximum Gasteiger partial charge on any atom is 0.416 e. The smallest absolute Gasteiger partial charge is 0.334 e. The number of amides is 1. The summed E-state index contributed by atoms with van der Waals surface area (Å²) in [5.74, 6) is -0.552. The molecule has 0 radical (unpaired) electrons. The number of carbonyl (C=O) groups excluding carboxylic acids is 1. The number of carbonyl (C=O) groups is 1. The minimum Gasteiger partial charge on any atom is -0.334 e. The van der Waals surface area contributed by atoms with Crippen molar-refractivity contribution in [1.82, 2.24) is 5.32 Å². The Balaban J connectivity index is 2.24. The molecular formula is C15H13F3N2O. The van der Waals surface area contributed by atoms with Gasteiger partial charge in [0.1, 0.15) is 5.54 Å². The molecule has 0 aliphatic heterocycles. The van der Waals surface area contributed by atoms with E-state index in [4.69, 9.17) is 5.26 Å². The van der Waals surface area contributed by atoms with Gasteiger partial charge in [0.25, 0.3) is 0 Å². The minimum atomic E-state index is -4.48. The zero-order valence-corrected chi connectivity index (χ0v) is 11.3. The van der Waals surface area contributed by atoms with Crippen molar-refractivity contribution in [3.8, 4) is 6.07 Å². The van der Waals surface area contributed by atoms with Crippen LogP contribution in [0.5, 0.6) is 0 Å². The van der Waals surface area contributed by atoms with Crippen molar-refractivity contribution < 1.29 is 18.0 Å². The highest BCUT2D eigenvalue weighted by atomic mass is 19.4. The van der Waals surface area contributed by atoms with Gasteiger partial charge in [-0.2, -0.15) is 18.4 Å². The average molecular weight is 294 g/mol. The van der Waals surface area contributed by atoms with Crippen LogP contribution >= 0.6 is 0 Å². The molecule has 1 N–H and O–H groups in total. The molecule has 0 spiro atoms. The maximum absolute atomic E-state index is 12.9. The largest absolute Gasteiger partial charge is 0.416 e. The van der Waals surface area contributed by atoms with E-state index >= 15 is 0 Å². The van der Waals surface area contributed by atoms with Crippen molar-refractivity contribution in [1.29, 1.82) is 5.26 Å². The van der Waals surface area contributed by atoms with Crippen LogP contribution in [-0.2, 0) is 11.0 Å². The van der Waals surface area contributed by atoms with Crippen molar-refractivity contribution >= 4 is 11.5 Å². The number of rotatable bonds is 3. The highest BCUT2D eigenvalue weighted by Crippen LogP contribution is 2.36. The molecule has 0 bridgehead atoms. The number of hydrogen-bond donors (Lipinski definition) is 1. The van der Waals surface area contributed by atoms with Gasteiger partial charge in [0.05, 0.1) is 11.6 Å². The molecule has 2 rings (SSSR count). The van der Waals surface area contributed by atoms with Crippen molar-refractivity contribution in [3.05, 3.63) is 41.5 Å². The van der Waals surface area contributed by atoms with Crippen LogP contribution in [0.25, 0.3) is 5.57 Å². The first-order chi connectivity index (χ1) is 9.77. The maximum atomic E-state index is 12.9. The van der Waals surface area contributed by atoms with Gasteiger partial charge in [-0.15, -0.1) is 0 Å². The fourth-order valence-corrected chi connectivity index (χ4v) is 2.01. The summed E-state index contributed by atoms with van der Waals surface area (Å²) in [4.78, 5) is 11.8. The number of hydrogen-bond acceptors (Lipinski definition) is 2. The lowest BCUT2D eigenvalue weighted by Crippen LogP contribution is -2.34. The molecule has 1 aliphatic carbocycles. The molecule has 0 heterocycles. The Morgan fingerprint density at radius 2 is 2.00 bits per heavy atom.